The lowest BCUT2D eigenvalue weighted by Gasteiger charge is -2.65. The summed E-state index contributed by atoms with van der Waals surface area (Å²) in [6.45, 7) is 5.77. The molecule has 122 valence electrons. The summed E-state index contributed by atoms with van der Waals surface area (Å²) < 4.78 is 10.6. The second-order valence-corrected chi connectivity index (χ2v) is 6.07. The van der Waals surface area contributed by atoms with Gasteiger partial charge in [0, 0.05) is 18.6 Å². The number of ether oxygens (including phenoxy) is 2. The highest BCUT2D eigenvalue weighted by atomic mass is 16.7. The summed E-state index contributed by atoms with van der Waals surface area (Å²) in [6, 6.07) is 0. The van der Waals surface area contributed by atoms with Gasteiger partial charge in [0.2, 0.25) is 0 Å². The number of rotatable bonds is 6. The first-order chi connectivity index (χ1) is 10.4. The number of esters is 2. The fourth-order valence-corrected chi connectivity index (χ4v) is 4.11. The molecule has 0 aromatic carbocycles. The average molecular weight is 310 g/mol. The molecule has 6 nitrogen and oxygen atoms in total. The molecule has 1 spiro atoms. The van der Waals surface area contributed by atoms with E-state index in [0.29, 0.717) is 0 Å². The Hall–Kier alpha value is -1.66. The largest absolute Gasteiger partial charge is 0.418 e. The third kappa shape index (κ3) is 2.09. The summed E-state index contributed by atoms with van der Waals surface area (Å²) in [4.78, 5) is 23.4. The first-order valence-corrected chi connectivity index (χ1v) is 7.37. The van der Waals surface area contributed by atoms with Crippen LogP contribution < -0.4 is 0 Å². The van der Waals surface area contributed by atoms with Crippen molar-refractivity contribution in [1.82, 2.24) is 0 Å². The molecule has 0 unspecified atom stereocenters. The normalized spacial score (nSPS) is 23.4. The van der Waals surface area contributed by atoms with E-state index in [9.17, 15) is 19.8 Å². The molecule has 0 aromatic rings. The minimum Gasteiger partial charge on any atom is -0.418 e. The zero-order valence-electron chi connectivity index (χ0n) is 12.5. The molecule has 0 heterocycles. The summed E-state index contributed by atoms with van der Waals surface area (Å²) in [7, 11) is 0. The van der Waals surface area contributed by atoms with E-state index in [1.807, 2.05) is 0 Å². The van der Waals surface area contributed by atoms with Gasteiger partial charge in [0.05, 0.1) is 18.6 Å². The number of hydrogen-bond acceptors (Lipinski definition) is 6. The van der Waals surface area contributed by atoms with Gasteiger partial charge >= 0.3 is 11.9 Å². The minimum absolute atomic E-state index is 0.264. The molecule has 0 radical (unpaired) electrons. The maximum atomic E-state index is 11.7. The second kappa shape index (κ2) is 5.85. The van der Waals surface area contributed by atoms with E-state index >= 15 is 0 Å². The first-order valence-electron chi connectivity index (χ1n) is 7.37. The fourth-order valence-electron chi connectivity index (χ4n) is 4.11. The van der Waals surface area contributed by atoms with E-state index < -0.39 is 36.4 Å². The van der Waals surface area contributed by atoms with Crippen LogP contribution in [-0.4, -0.2) is 41.2 Å². The number of aliphatic hydroxyl groups is 2. The van der Waals surface area contributed by atoms with Crippen LogP contribution in [0.15, 0.2) is 25.3 Å². The molecule has 0 atom stereocenters. The van der Waals surface area contributed by atoms with Crippen LogP contribution in [0.1, 0.15) is 32.1 Å². The molecule has 2 N–H and O–H groups in total. The molecule has 0 aromatic heterocycles. The van der Waals surface area contributed by atoms with Gasteiger partial charge in [-0.3, -0.25) is 0 Å². The van der Waals surface area contributed by atoms with Crippen LogP contribution >= 0.6 is 0 Å². The van der Waals surface area contributed by atoms with Gasteiger partial charge in [-0.05, 0) is 18.3 Å². The van der Waals surface area contributed by atoms with Crippen molar-refractivity contribution in [3.8, 4) is 0 Å². The first kappa shape index (κ1) is 16.7. The monoisotopic (exact) mass is 310 g/mol. The number of hydrogen-bond donors (Lipinski definition) is 2. The molecule has 2 fully saturated rings. The smallest absolute Gasteiger partial charge is 0.333 e. The molecule has 0 saturated heterocycles. The molecule has 6 heteroatoms. The molecule has 0 bridgehead atoms. The van der Waals surface area contributed by atoms with Crippen molar-refractivity contribution in [3.05, 3.63) is 25.3 Å². The standard InChI is InChI=1S/C16H22O6/c1-3-12(19)21-16(22-13(20)4-2)9-14(7-5-6-8-14)15(16,10-17)11-18/h3-4,17-18H,1-2,5-11H2. The lowest BCUT2D eigenvalue weighted by atomic mass is 9.44. The second-order valence-electron chi connectivity index (χ2n) is 6.07. The van der Waals surface area contributed by atoms with E-state index in [1.165, 1.54) is 0 Å². The SMILES string of the molecule is C=CC(=O)OC1(OC(=O)C=C)CC2(CCCC2)C1(CO)CO. The number of carbonyl (C=O) groups excluding carboxylic acids is 2. The van der Waals surface area contributed by atoms with Crippen molar-refractivity contribution >= 4 is 11.9 Å². The Labute approximate surface area is 129 Å². The molecule has 2 aliphatic rings. The van der Waals surface area contributed by atoms with Crippen LogP contribution in [-0.2, 0) is 19.1 Å². The third-order valence-electron chi connectivity index (χ3n) is 5.28. The van der Waals surface area contributed by atoms with Crippen LogP contribution in [0.2, 0.25) is 0 Å². The van der Waals surface area contributed by atoms with Gasteiger partial charge in [-0.2, -0.15) is 0 Å². The van der Waals surface area contributed by atoms with Gasteiger partial charge in [-0.15, -0.1) is 0 Å². The van der Waals surface area contributed by atoms with Crippen LogP contribution in [0.4, 0.5) is 0 Å². The number of carbonyl (C=O) groups is 2. The van der Waals surface area contributed by atoms with Gasteiger partial charge in [-0.25, -0.2) is 9.59 Å². The molecular weight excluding hydrogens is 288 g/mol. The molecule has 0 amide bonds. The molecule has 0 aliphatic heterocycles. The summed E-state index contributed by atoms with van der Waals surface area (Å²) in [5, 5.41) is 19.9. The Balaban J connectivity index is 2.43. The van der Waals surface area contributed by atoms with Crippen molar-refractivity contribution in [2.45, 2.75) is 37.9 Å². The van der Waals surface area contributed by atoms with Crippen molar-refractivity contribution < 1.29 is 29.3 Å². The lowest BCUT2D eigenvalue weighted by Crippen LogP contribution is -2.75. The predicted octanol–water partition coefficient (Wildman–Crippen LogP) is 1.08. The highest BCUT2D eigenvalue weighted by Gasteiger charge is 2.78. The van der Waals surface area contributed by atoms with Crippen LogP contribution in [0.25, 0.3) is 0 Å². The molecular formula is C16H22O6. The maximum absolute atomic E-state index is 11.7. The molecule has 2 aliphatic carbocycles. The van der Waals surface area contributed by atoms with E-state index in [2.05, 4.69) is 13.2 Å². The van der Waals surface area contributed by atoms with Crippen molar-refractivity contribution in [1.29, 1.82) is 0 Å². The third-order valence-corrected chi connectivity index (χ3v) is 5.28. The van der Waals surface area contributed by atoms with Crippen LogP contribution in [0.5, 0.6) is 0 Å². The number of aliphatic hydroxyl groups excluding tert-OH is 2. The zero-order valence-corrected chi connectivity index (χ0v) is 12.5. The van der Waals surface area contributed by atoms with E-state index in [1.54, 1.807) is 0 Å². The lowest BCUT2D eigenvalue weighted by molar-refractivity contribution is -0.385. The van der Waals surface area contributed by atoms with Gasteiger partial charge in [-0.1, -0.05) is 26.0 Å². The highest BCUT2D eigenvalue weighted by Crippen LogP contribution is 2.71. The van der Waals surface area contributed by atoms with Gasteiger partial charge in [0.1, 0.15) is 0 Å². The zero-order chi connectivity index (χ0) is 16.4. The Morgan fingerprint density at radius 3 is 1.82 bits per heavy atom. The summed E-state index contributed by atoms with van der Waals surface area (Å²) in [5.74, 6) is -3.22. The maximum Gasteiger partial charge on any atom is 0.333 e. The fraction of sp³-hybridized carbons (Fsp3) is 0.625. The van der Waals surface area contributed by atoms with E-state index in [4.69, 9.17) is 9.47 Å². The molecule has 2 saturated carbocycles. The average Bonchev–Trinajstić information content (AvgIpc) is 2.98. The van der Waals surface area contributed by atoms with Gasteiger partial charge < -0.3 is 19.7 Å². The molecule has 2 rings (SSSR count). The van der Waals surface area contributed by atoms with E-state index in [0.717, 1.165) is 37.8 Å². The Bertz CT molecular complexity index is 463. The topological polar surface area (TPSA) is 93.1 Å². The van der Waals surface area contributed by atoms with Crippen molar-refractivity contribution in [3.63, 3.8) is 0 Å². The Kier molecular flexibility index (Phi) is 4.44. The van der Waals surface area contributed by atoms with Crippen LogP contribution in [0, 0.1) is 10.8 Å². The summed E-state index contributed by atoms with van der Waals surface area (Å²) in [6.07, 6.45) is 5.68. The minimum atomic E-state index is -1.68. The Morgan fingerprint density at radius 1 is 1.00 bits per heavy atom. The summed E-state index contributed by atoms with van der Waals surface area (Å²) in [5.41, 5.74) is -1.60. The quantitative estimate of drug-likeness (QED) is 0.433. The van der Waals surface area contributed by atoms with Gasteiger partial charge in [0.25, 0.3) is 5.79 Å². The highest BCUT2D eigenvalue weighted by molar-refractivity contribution is 5.84. The predicted molar refractivity (Wildman–Crippen MR) is 77.4 cm³/mol. The van der Waals surface area contributed by atoms with E-state index in [-0.39, 0.29) is 11.8 Å². The molecule has 22 heavy (non-hydrogen) atoms. The van der Waals surface area contributed by atoms with Gasteiger partial charge in [0.15, 0.2) is 0 Å². The summed E-state index contributed by atoms with van der Waals surface area (Å²) >= 11 is 0. The Morgan fingerprint density at radius 2 is 1.45 bits per heavy atom. The van der Waals surface area contributed by atoms with Crippen molar-refractivity contribution in [2.24, 2.45) is 10.8 Å². The van der Waals surface area contributed by atoms with Crippen LogP contribution in [0.3, 0.4) is 0 Å². The van der Waals surface area contributed by atoms with Crippen molar-refractivity contribution in [2.75, 3.05) is 13.2 Å².